The lowest BCUT2D eigenvalue weighted by molar-refractivity contribution is -0.294. The molecule has 0 amide bonds. The van der Waals surface area contributed by atoms with Gasteiger partial charge in [0, 0.05) is 43.0 Å². The molecule has 2 saturated heterocycles. The number of hydrogen-bond acceptors (Lipinski definition) is 16. The second-order valence-electron chi connectivity index (χ2n) is 22.9. The maximum Gasteiger partial charge on any atom is 0.311 e. The number of nitrogens with one attached hydrogen (secondary N) is 1. The van der Waals surface area contributed by atoms with Gasteiger partial charge in [-0.2, -0.15) is 0 Å². The van der Waals surface area contributed by atoms with Crippen LogP contribution in [0.1, 0.15) is 151 Å². The SMILES string of the molecule is CC(C)c1[nH]nc(OC2O[C@H](COC(=O)C(C)(C)C)[C@@H](OC(=O)C(C)(C)C)[C@H](OC(=O)C(C)(C)C)[C@H]2OC(=O)C(C)(C)C)c1Cc1ccc(OCCCC(=O)OCc2ccccc2)cc1OC1CCOCC1. The molecular formula is C55H78N2O15. The number of aromatic nitrogens is 2. The van der Waals surface area contributed by atoms with Gasteiger partial charge in [0.2, 0.25) is 18.3 Å². The summed E-state index contributed by atoms with van der Waals surface area (Å²) in [6.07, 6.45) is -5.31. The summed E-state index contributed by atoms with van der Waals surface area (Å²) in [6.45, 7) is 25.1. The molecule has 0 aliphatic carbocycles. The summed E-state index contributed by atoms with van der Waals surface area (Å²) in [6, 6.07) is 15.1. The second-order valence-corrected chi connectivity index (χ2v) is 22.9. The van der Waals surface area contributed by atoms with Gasteiger partial charge in [-0.15, -0.1) is 5.10 Å². The van der Waals surface area contributed by atoms with E-state index >= 15 is 0 Å². The fourth-order valence-corrected chi connectivity index (χ4v) is 7.26. The minimum absolute atomic E-state index is 0.0773. The number of nitrogens with zero attached hydrogens (tertiary/aromatic N) is 1. The van der Waals surface area contributed by atoms with Gasteiger partial charge in [-0.3, -0.25) is 29.1 Å². The van der Waals surface area contributed by atoms with Crippen molar-refractivity contribution in [1.82, 2.24) is 10.2 Å². The lowest BCUT2D eigenvalue weighted by Gasteiger charge is -2.45. The fourth-order valence-electron chi connectivity index (χ4n) is 7.26. The Kier molecular flexibility index (Phi) is 19.4. The molecule has 3 heterocycles. The molecule has 5 atom stereocenters. The summed E-state index contributed by atoms with van der Waals surface area (Å²) >= 11 is 0. The highest BCUT2D eigenvalue weighted by atomic mass is 16.7. The Hall–Kier alpha value is -5.68. The minimum atomic E-state index is -1.57. The molecule has 0 bridgehead atoms. The van der Waals surface area contributed by atoms with E-state index in [9.17, 15) is 24.0 Å². The molecule has 2 aliphatic heterocycles. The Morgan fingerprint density at radius 2 is 1.29 bits per heavy atom. The van der Waals surface area contributed by atoms with E-state index in [4.69, 9.17) is 47.4 Å². The van der Waals surface area contributed by atoms with Crippen LogP contribution in [-0.2, 0) is 70.2 Å². The highest BCUT2D eigenvalue weighted by Gasteiger charge is 2.56. The molecule has 5 rings (SSSR count). The van der Waals surface area contributed by atoms with Gasteiger partial charge >= 0.3 is 29.8 Å². The quantitative estimate of drug-likeness (QED) is 0.0675. The van der Waals surface area contributed by atoms with Crippen LogP contribution in [0.5, 0.6) is 17.4 Å². The van der Waals surface area contributed by atoms with Gasteiger partial charge in [0.15, 0.2) is 12.2 Å². The molecule has 0 saturated carbocycles. The van der Waals surface area contributed by atoms with E-state index in [0.29, 0.717) is 49.5 Å². The molecule has 17 nitrogen and oxygen atoms in total. The molecular weight excluding hydrogens is 929 g/mol. The van der Waals surface area contributed by atoms with E-state index < -0.39 is 82.8 Å². The number of hydrogen-bond donors (Lipinski definition) is 1. The number of aromatic amines is 1. The van der Waals surface area contributed by atoms with Crippen LogP contribution < -0.4 is 14.2 Å². The maximum atomic E-state index is 13.9. The van der Waals surface area contributed by atoms with E-state index in [-0.39, 0.29) is 49.9 Å². The van der Waals surface area contributed by atoms with Gasteiger partial charge in [0.1, 0.15) is 36.9 Å². The Morgan fingerprint density at radius 1 is 0.708 bits per heavy atom. The third-order valence-corrected chi connectivity index (χ3v) is 11.7. The first-order chi connectivity index (χ1) is 33.6. The monoisotopic (exact) mass is 1010 g/mol. The molecule has 3 aromatic rings. The summed E-state index contributed by atoms with van der Waals surface area (Å²) in [5.41, 5.74) is -1.06. The predicted molar refractivity (Wildman–Crippen MR) is 265 cm³/mol. The van der Waals surface area contributed by atoms with Crippen LogP contribution >= 0.6 is 0 Å². The number of carbonyl (C=O) groups is 5. The molecule has 2 fully saturated rings. The van der Waals surface area contributed by atoms with Crippen molar-refractivity contribution in [2.24, 2.45) is 21.7 Å². The van der Waals surface area contributed by atoms with Gasteiger partial charge < -0.3 is 47.4 Å². The van der Waals surface area contributed by atoms with Crippen LogP contribution in [0.15, 0.2) is 48.5 Å². The molecule has 0 spiro atoms. The summed E-state index contributed by atoms with van der Waals surface area (Å²) in [7, 11) is 0. The summed E-state index contributed by atoms with van der Waals surface area (Å²) in [5.74, 6) is -1.86. The zero-order valence-electron chi connectivity index (χ0n) is 44.8. The Balaban J connectivity index is 1.52. The lowest BCUT2D eigenvalue weighted by Crippen LogP contribution is -2.65. The average molecular weight is 1010 g/mol. The highest BCUT2D eigenvalue weighted by Crippen LogP contribution is 2.39. The molecule has 398 valence electrons. The fraction of sp³-hybridized carbons (Fsp3) is 0.636. The van der Waals surface area contributed by atoms with Crippen molar-refractivity contribution in [2.75, 3.05) is 26.4 Å². The highest BCUT2D eigenvalue weighted by molar-refractivity contribution is 5.78. The van der Waals surface area contributed by atoms with E-state index in [2.05, 4.69) is 10.2 Å². The van der Waals surface area contributed by atoms with E-state index in [0.717, 1.165) is 16.8 Å². The van der Waals surface area contributed by atoms with Gasteiger partial charge in [-0.05, 0) is 113 Å². The third-order valence-electron chi connectivity index (χ3n) is 11.7. The summed E-state index contributed by atoms with van der Waals surface area (Å²) < 4.78 is 61.7. The van der Waals surface area contributed by atoms with Crippen molar-refractivity contribution in [3.63, 3.8) is 0 Å². The van der Waals surface area contributed by atoms with E-state index in [1.54, 1.807) is 83.1 Å². The first-order valence-corrected chi connectivity index (χ1v) is 25.0. The number of H-pyrrole nitrogens is 1. The molecule has 1 N–H and O–H groups in total. The van der Waals surface area contributed by atoms with Gasteiger partial charge in [0.05, 0.1) is 41.5 Å². The van der Waals surface area contributed by atoms with E-state index in [1.807, 2.05) is 62.4 Å². The zero-order chi connectivity index (χ0) is 53.2. The second kappa shape index (κ2) is 24.4. The standard InChI is InChI=1S/C55H78N2O15/c1-33(2)42-38(29-35-22-23-37(30-39(35)67-36-24-27-63-28-25-36)64-26-18-21-41(58)65-31-34-19-16-15-17-20-34)46(57-56-42)72-47-45(71-51(62)55(12,13)14)44(70-50(61)54(9,10)11)43(69-49(60)53(6,7)8)40(68-47)32-66-48(59)52(3,4)5/h15-17,19-20,22-23,30,33,36,40,43-45,47H,18,21,24-29,31-32H2,1-14H3,(H,56,57)/t40-,43-,44+,45-,47?/m1/s1. The van der Waals surface area contributed by atoms with Crippen molar-refractivity contribution in [1.29, 1.82) is 0 Å². The van der Waals surface area contributed by atoms with Crippen LogP contribution in [0.4, 0.5) is 0 Å². The van der Waals surface area contributed by atoms with Crippen molar-refractivity contribution < 1.29 is 71.3 Å². The molecule has 0 radical (unpaired) electrons. The molecule has 2 aromatic carbocycles. The van der Waals surface area contributed by atoms with Gasteiger partial charge in [-0.1, -0.05) is 50.2 Å². The van der Waals surface area contributed by atoms with Gasteiger partial charge in [-0.25, -0.2) is 0 Å². The minimum Gasteiger partial charge on any atom is -0.493 e. The Labute approximate surface area is 424 Å². The van der Waals surface area contributed by atoms with Crippen LogP contribution in [0.25, 0.3) is 0 Å². The van der Waals surface area contributed by atoms with Crippen LogP contribution in [0, 0.1) is 21.7 Å². The molecule has 2 aliphatic rings. The molecule has 1 aromatic heterocycles. The largest absolute Gasteiger partial charge is 0.493 e. The van der Waals surface area contributed by atoms with Crippen molar-refractivity contribution in [2.45, 2.75) is 178 Å². The first kappa shape index (κ1) is 57.2. The van der Waals surface area contributed by atoms with Crippen LogP contribution in [0.2, 0.25) is 0 Å². The zero-order valence-corrected chi connectivity index (χ0v) is 44.8. The van der Waals surface area contributed by atoms with Crippen LogP contribution in [0.3, 0.4) is 0 Å². The topological polar surface area (TPSA) is 206 Å². The number of esters is 5. The number of rotatable bonds is 19. The molecule has 1 unspecified atom stereocenters. The van der Waals surface area contributed by atoms with Crippen molar-refractivity contribution >= 4 is 29.8 Å². The van der Waals surface area contributed by atoms with Crippen LogP contribution in [-0.4, -0.2) is 103 Å². The summed E-state index contributed by atoms with van der Waals surface area (Å²) in [4.78, 5) is 67.4. The normalized spacial score (nSPS) is 20.0. The number of benzene rings is 2. The van der Waals surface area contributed by atoms with Crippen molar-refractivity contribution in [3.05, 3.63) is 70.9 Å². The lowest BCUT2D eigenvalue weighted by atomic mass is 9.93. The Bertz CT molecular complexity index is 2290. The van der Waals surface area contributed by atoms with Gasteiger partial charge in [0.25, 0.3) is 0 Å². The average Bonchev–Trinajstić information content (AvgIpc) is 3.69. The summed E-state index contributed by atoms with van der Waals surface area (Å²) in [5, 5.41) is 7.78. The number of ether oxygens (including phenoxy) is 10. The third kappa shape index (κ3) is 16.4. The Morgan fingerprint density at radius 3 is 1.88 bits per heavy atom. The smallest absolute Gasteiger partial charge is 0.311 e. The molecule has 72 heavy (non-hydrogen) atoms. The number of carbonyl (C=O) groups excluding carboxylic acids is 5. The first-order valence-electron chi connectivity index (χ1n) is 25.0. The molecule has 17 heteroatoms. The van der Waals surface area contributed by atoms with E-state index in [1.165, 1.54) is 0 Å². The predicted octanol–water partition coefficient (Wildman–Crippen LogP) is 9.15. The van der Waals surface area contributed by atoms with Crippen molar-refractivity contribution in [3.8, 4) is 17.4 Å². The maximum absolute atomic E-state index is 13.9.